The molecule has 0 bridgehead atoms. The van der Waals surface area contributed by atoms with Crippen molar-refractivity contribution in [2.24, 2.45) is 0 Å². The molecule has 1 aromatic rings. The number of esters is 1. The minimum Gasteiger partial charge on any atom is -0.467 e. The normalized spacial score (nSPS) is 11.4. The van der Waals surface area contributed by atoms with E-state index < -0.39 is 16.1 Å². The largest absolute Gasteiger partial charge is 0.467 e. The molecule has 0 N–H and O–H groups in total. The van der Waals surface area contributed by atoms with Gasteiger partial charge in [0.1, 0.15) is 6.61 Å². The average molecular weight is 330 g/mol. The Kier molecular flexibility index (Phi) is 8.08. The second-order valence-corrected chi connectivity index (χ2v) is 6.39. The molecule has 0 amide bonds. The highest BCUT2D eigenvalue weighted by molar-refractivity contribution is 7.86. The van der Waals surface area contributed by atoms with Gasteiger partial charge in [0.2, 0.25) is 0 Å². The molecule has 0 heterocycles. The Bertz CT molecular complexity index is 550. The van der Waals surface area contributed by atoms with Crippen LogP contribution in [0.4, 0.5) is 0 Å². The van der Waals surface area contributed by atoms with E-state index in [4.69, 9.17) is 8.92 Å². The van der Waals surface area contributed by atoms with E-state index in [9.17, 15) is 13.2 Å². The molecule has 0 saturated carbocycles. The summed E-state index contributed by atoms with van der Waals surface area (Å²) in [6.07, 6.45) is 2.09. The molecule has 22 heavy (non-hydrogen) atoms. The van der Waals surface area contributed by atoms with E-state index in [0.717, 1.165) is 18.4 Å². The second kappa shape index (κ2) is 9.55. The van der Waals surface area contributed by atoms with Crippen LogP contribution in [0.3, 0.4) is 0 Å². The van der Waals surface area contributed by atoms with E-state index in [-0.39, 0.29) is 18.1 Å². The highest BCUT2D eigenvalue weighted by Gasteiger charge is 2.14. The summed E-state index contributed by atoms with van der Waals surface area (Å²) in [5, 5.41) is 0. The predicted molar refractivity (Wildman–Crippen MR) is 81.0 cm³/mol. The van der Waals surface area contributed by atoms with Crippen LogP contribution in [0.2, 0.25) is 0 Å². The van der Waals surface area contributed by atoms with Gasteiger partial charge in [-0.2, -0.15) is 8.42 Å². The first-order chi connectivity index (χ1) is 10.5. The van der Waals surface area contributed by atoms with E-state index in [1.165, 1.54) is 19.2 Å². The van der Waals surface area contributed by atoms with Crippen molar-refractivity contribution in [3.8, 4) is 0 Å². The van der Waals surface area contributed by atoms with Gasteiger partial charge in [-0.25, -0.2) is 4.79 Å². The van der Waals surface area contributed by atoms with E-state index in [1.807, 2.05) is 6.92 Å². The van der Waals surface area contributed by atoms with Crippen molar-refractivity contribution in [3.05, 3.63) is 29.8 Å². The van der Waals surface area contributed by atoms with Crippen LogP contribution in [0.5, 0.6) is 0 Å². The Balaban J connectivity index is 2.16. The van der Waals surface area contributed by atoms with Crippen LogP contribution < -0.4 is 0 Å². The molecule has 6 nitrogen and oxygen atoms in total. The lowest BCUT2D eigenvalue weighted by Crippen LogP contribution is -2.11. The fourth-order valence-electron chi connectivity index (χ4n) is 1.64. The molecule has 0 aromatic heterocycles. The Morgan fingerprint density at radius 3 is 2.32 bits per heavy atom. The first-order valence-electron chi connectivity index (χ1n) is 7.06. The number of carbonyl (C=O) groups is 1. The van der Waals surface area contributed by atoms with Gasteiger partial charge in [-0.1, -0.05) is 17.7 Å². The quantitative estimate of drug-likeness (QED) is 0.371. The molecular weight excluding hydrogens is 308 g/mol. The van der Waals surface area contributed by atoms with Crippen LogP contribution in [0.1, 0.15) is 24.8 Å². The number of methoxy groups -OCH3 is 1. The number of rotatable bonds is 10. The Hall–Kier alpha value is -1.44. The number of benzene rings is 1. The van der Waals surface area contributed by atoms with Crippen molar-refractivity contribution in [2.75, 3.05) is 26.9 Å². The van der Waals surface area contributed by atoms with Crippen LogP contribution in [-0.4, -0.2) is 41.3 Å². The summed E-state index contributed by atoms with van der Waals surface area (Å²) in [4.78, 5) is 10.9. The van der Waals surface area contributed by atoms with Gasteiger partial charge in [0.05, 0.1) is 18.6 Å². The molecule has 7 heteroatoms. The molecule has 1 rings (SSSR count). The second-order valence-electron chi connectivity index (χ2n) is 4.78. The first kappa shape index (κ1) is 18.6. The van der Waals surface area contributed by atoms with Gasteiger partial charge in [0.15, 0.2) is 0 Å². The molecule has 1 aromatic carbocycles. The molecule has 0 aliphatic carbocycles. The van der Waals surface area contributed by atoms with Gasteiger partial charge in [-0.3, -0.25) is 4.18 Å². The molecular formula is C15H22O6S. The average Bonchev–Trinajstić information content (AvgIpc) is 2.50. The third kappa shape index (κ3) is 7.02. The Morgan fingerprint density at radius 2 is 1.68 bits per heavy atom. The summed E-state index contributed by atoms with van der Waals surface area (Å²) in [5.74, 6) is -0.410. The van der Waals surface area contributed by atoms with Crippen LogP contribution in [0.15, 0.2) is 29.2 Å². The maximum atomic E-state index is 11.9. The molecule has 0 saturated heterocycles. The molecule has 0 radical (unpaired) electrons. The molecule has 0 unspecified atom stereocenters. The molecule has 0 atom stereocenters. The molecule has 0 aliphatic heterocycles. The lowest BCUT2D eigenvalue weighted by molar-refractivity contribution is -0.145. The summed E-state index contributed by atoms with van der Waals surface area (Å²) < 4.78 is 38.3. The van der Waals surface area contributed by atoms with E-state index in [2.05, 4.69) is 4.74 Å². The van der Waals surface area contributed by atoms with Crippen LogP contribution in [0, 0.1) is 6.92 Å². The van der Waals surface area contributed by atoms with Crippen molar-refractivity contribution in [1.82, 2.24) is 0 Å². The SMILES string of the molecule is COC(=O)COCCCCCOS(=O)(=O)c1ccc(C)cc1. The van der Waals surface area contributed by atoms with Crippen molar-refractivity contribution < 1.29 is 26.9 Å². The van der Waals surface area contributed by atoms with Gasteiger partial charge >= 0.3 is 5.97 Å². The highest BCUT2D eigenvalue weighted by atomic mass is 32.2. The molecule has 124 valence electrons. The number of aryl methyl sites for hydroxylation is 1. The smallest absolute Gasteiger partial charge is 0.331 e. The van der Waals surface area contributed by atoms with Crippen molar-refractivity contribution in [1.29, 1.82) is 0 Å². The van der Waals surface area contributed by atoms with Gasteiger partial charge in [0.25, 0.3) is 10.1 Å². The summed E-state index contributed by atoms with van der Waals surface area (Å²) in [6.45, 7) is 2.39. The lowest BCUT2D eigenvalue weighted by Gasteiger charge is -2.06. The minimum absolute atomic E-state index is 0.0607. The Morgan fingerprint density at radius 1 is 1.05 bits per heavy atom. The first-order valence-corrected chi connectivity index (χ1v) is 8.47. The molecule has 0 spiro atoms. The summed E-state index contributed by atoms with van der Waals surface area (Å²) in [6, 6.07) is 6.53. The third-order valence-electron chi connectivity index (χ3n) is 2.93. The summed E-state index contributed by atoms with van der Waals surface area (Å²) in [5.41, 5.74) is 0.992. The monoisotopic (exact) mass is 330 g/mol. The highest BCUT2D eigenvalue weighted by Crippen LogP contribution is 2.13. The maximum absolute atomic E-state index is 11.9. The third-order valence-corrected chi connectivity index (χ3v) is 4.26. The fraction of sp³-hybridized carbons (Fsp3) is 0.533. The number of hydrogen-bond donors (Lipinski definition) is 0. The molecule has 0 aliphatic rings. The standard InChI is InChI=1S/C15H22O6S/c1-13-6-8-14(9-7-13)22(17,18)21-11-5-3-4-10-20-12-15(16)19-2/h6-9H,3-5,10-12H2,1-2H3. The number of ether oxygens (including phenoxy) is 2. The predicted octanol–water partition coefficient (Wildman–Crippen LogP) is 2.06. The number of carbonyl (C=O) groups excluding carboxylic acids is 1. The minimum atomic E-state index is -3.68. The Labute approximate surface area is 131 Å². The zero-order valence-electron chi connectivity index (χ0n) is 12.9. The fourth-order valence-corrected chi connectivity index (χ4v) is 2.58. The van der Waals surface area contributed by atoms with Crippen LogP contribution in [-0.2, 0) is 28.6 Å². The molecule has 0 fully saturated rings. The topological polar surface area (TPSA) is 78.9 Å². The number of hydrogen-bond acceptors (Lipinski definition) is 6. The lowest BCUT2D eigenvalue weighted by atomic mass is 10.2. The number of unbranched alkanes of at least 4 members (excludes halogenated alkanes) is 2. The zero-order chi connectivity index (χ0) is 16.4. The van der Waals surface area contributed by atoms with E-state index >= 15 is 0 Å². The summed E-state index contributed by atoms with van der Waals surface area (Å²) >= 11 is 0. The van der Waals surface area contributed by atoms with Gasteiger partial charge < -0.3 is 9.47 Å². The van der Waals surface area contributed by atoms with Gasteiger partial charge in [-0.05, 0) is 38.3 Å². The van der Waals surface area contributed by atoms with Crippen LogP contribution >= 0.6 is 0 Å². The summed E-state index contributed by atoms with van der Waals surface area (Å²) in [7, 11) is -2.38. The maximum Gasteiger partial charge on any atom is 0.331 e. The van der Waals surface area contributed by atoms with Crippen molar-refractivity contribution >= 4 is 16.1 Å². The van der Waals surface area contributed by atoms with E-state index in [0.29, 0.717) is 13.0 Å². The van der Waals surface area contributed by atoms with Crippen molar-refractivity contribution in [2.45, 2.75) is 31.1 Å². The van der Waals surface area contributed by atoms with E-state index in [1.54, 1.807) is 12.1 Å². The van der Waals surface area contributed by atoms with Gasteiger partial charge in [-0.15, -0.1) is 0 Å². The zero-order valence-corrected chi connectivity index (χ0v) is 13.7. The van der Waals surface area contributed by atoms with Gasteiger partial charge in [0, 0.05) is 6.61 Å². The van der Waals surface area contributed by atoms with Crippen molar-refractivity contribution in [3.63, 3.8) is 0 Å². The van der Waals surface area contributed by atoms with Crippen LogP contribution in [0.25, 0.3) is 0 Å².